The van der Waals surface area contributed by atoms with Gasteiger partial charge in [-0.3, -0.25) is 4.79 Å². The summed E-state index contributed by atoms with van der Waals surface area (Å²) in [5.41, 5.74) is 0. The second-order valence-electron chi connectivity index (χ2n) is 5.68. The van der Waals surface area contributed by atoms with Gasteiger partial charge in [-0.25, -0.2) is 4.98 Å². The standard InChI is InChI=1S/C17H20N2O2S/c1-12-9-19(10-13(2)21-12)16(20)11-22-17-15-6-4-3-5-14(15)7-8-18-17/h3-8,12-13H,9-11H2,1-2H3/t12-,13-/m1/s1. The van der Waals surface area contributed by atoms with Crippen molar-refractivity contribution in [1.29, 1.82) is 0 Å². The van der Waals surface area contributed by atoms with E-state index in [0.29, 0.717) is 18.8 Å². The van der Waals surface area contributed by atoms with E-state index in [1.165, 1.54) is 11.8 Å². The molecule has 0 N–H and O–H groups in total. The van der Waals surface area contributed by atoms with E-state index in [9.17, 15) is 4.79 Å². The molecule has 4 nitrogen and oxygen atoms in total. The molecule has 2 atom stereocenters. The van der Waals surface area contributed by atoms with Gasteiger partial charge in [0.2, 0.25) is 5.91 Å². The maximum Gasteiger partial charge on any atom is 0.233 e. The maximum atomic E-state index is 12.4. The van der Waals surface area contributed by atoms with E-state index in [0.717, 1.165) is 15.8 Å². The second-order valence-corrected chi connectivity index (χ2v) is 6.65. The topological polar surface area (TPSA) is 42.4 Å². The van der Waals surface area contributed by atoms with Crippen LogP contribution in [0.3, 0.4) is 0 Å². The van der Waals surface area contributed by atoms with Crippen molar-refractivity contribution in [2.75, 3.05) is 18.8 Å². The molecular formula is C17H20N2O2S. The number of fused-ring (bicyclic) bond motifs is 1. The fourth-order valence-corrected chi connectivity index (χ4v) is 3.73. The van der Waals surface area contributed by atoms with Crippen LogP contribution < -0.4 is 0 Å². The molecule has 2 aromatic rings. The number of amides is 1. The Morgan fingerprint density at radius 2 is 2.00 bits per heavy atom. The number of ether oxygens (including phenoxy) is 1. The van der Waals surface area contributed by atoms with Crippen molar-refractivity contribution in [2.45, 2.75) is 31.1 Å². The predicted octanol–water partition coefficient (Wildman–Crippen LogP) is 2.96. The molecule has 1 aromatic carbocycles. The number of hydrogen-bond acceptors (Lipinski definition) is 4. The van der Waals surface area contributed by atoms with Crippen molar-refractivity contribution in [3.63, 3.8) is 0 Å². The molecule has 5 heteroatoms. The molecule has 1 aromatic heterocycles. The smallest absolute Gasteiger partial charge is 0.233 e. The normalized spacial score (nSPS) is 22.0. The number of benzene rings is 1. The van der Waals surface area contributed by atoms with Crippen LogP contribution in [0.4, 0.5) is 0 Å². The summed E-state index contributed by atoms with van der Waals surface area (Å²) in [6.07, 6.45) is 2.01. The van der Waals surface area contributed by atoms with Crippen LogP contribution in [0.25, 0.3) is 10.8 Å². The molecule has 22 heavy (non-hydrogen) atoms. The summed E-state index contributed by atoms with van der Waals surface area (Å²) in [4.78, 5) is 18.7. The van der Waals surface area contributed by atoms with Crippen LogP contribution in [0.15, 0.2) is 41.6 Å². The van der Waals surface area contributed by atoms with Crippen LogP contribution in [0.5, 0.6) is 0 Å². The Morgan fingerprint density at radius 1 is 1.27 bits per heavy atom. The highest BCUT2D eigenvalue weighted by atomic mass is 32.2. The Hall–Kier alpha value is -1.59. The van der Waals surface area contributed by atoms with Gasteiger partial charge in [-0.15, -0.1) is 0 Å². The Kier molecular flexibility index (Phi) is 4.64. The van der Waals surface area contributed by atoms with Crippen LogP contribution in [0.1, 0.15) is 13.8 Å². The van der Waals surface area contributed by atoms with Crippen molar-refractivity contribution in [3.8, 4) is 0 Å². The third kappa shape index (κ3) is 3.42. The number of morpholine rings is 1. The lowest BCUT2D eigenvalue weighted by molar-refractivity contribution is -0.140. The largest absolute Gasteiger partial charge is 0.372 e. The molecule has 0 radical (unpaired) electrons. The van der Waals surface area contributed by atoms with Gasteiger partial charge in [0, 0.05) is 24.7 Å². The summed E-state index contributed by atoms with van der Waals surface area (Å²) in [5, 5.41) is 3.17. The van der Waals surface area contributed by atoms with E-state index in [4.69, 9.17) is 4.74 Å². The van der Waals surface area contributed by atoms with Crippen molar-refractivity contribution in [3.05, 3.63) is 36.5 Å². The van der Waals surface area contributed by atoms with Gasteiger partial charge >= 0.3 is 0 Å². The Morgan fingerprint density at radius 3 is 2.77 bits per heavy atom. The van der Waals surface area contributed by atoms with Gasteiger partial charge in [-0.1, -0.05) is 36.0 Å². The second kappa shape index (κ2) is 6.67. The molecule has 116 valence electrons. The number of aromatic nitrogens is 1. The fourth-order valence-electron chi connectivity index (χ4n) is 2.81. The summed E-state index contributed by atoms with van der Waals surface area (Å²) < 4.78 is 5.67. The number of nitrogens with zero attached hydrogens (tertiary/aromatic N) is 2. The zero-order chi connectivity index (χ0) is 15.5. The summed E-state index contributed by atoms with van der Waals surface area (Å²) in [7, 11) is 0. The predicted molar refractivity (Wildman–Crippen MR) is 89.1 cm³/mol. The van der Waals surface area contributed by atoms with Crippen molar-refractivity contribution in [2.24, 2.45) is 0 Å². The van der Waals surface area contributed by atoms with Gasteiger partial charge in [0.25, 0.3) is 0 Å². The Labute approximate surface area is 134 Å². The third-order valence-electron chi connectivity index (χ3n) is 3.74. The van der Waals surface area contributed by atoms with Crippen LogP contribution in [-0.2, 0) is 9.53 Å². The lowest BCUT2D eigenvalue weighted by Crippen LogP contribution is -2.48. The molecule has 1 fully saturated rings. The number of carbonyl (C=O) groups excluding carboxylic acids is 1. The molecule has 0 aliphatic carbocycles. The molecule has 0 spiro atoms. The van der Waals surface area contributed by atoms with Gasteiger partial charge in [-0.2, -0.15) is 0 Å². The van der Waals surface area contributed by atoms with Gasteiger partial charge in [0.1, 0.15) is 5.03 Å². The lowest BCUT2D eigenvalue weighted by atomic mass is 10.2. The third-order valence-corrected chi connectivity index (χ3v) is 4.73. The summed E-state index contributed by atoms with van der Waals surface area (Å²) in [6, 6.07) is 10.1. The quantitative estimate of drug-likeness (QED) is 0.817. The highest BCUT2D eigenvalue weighted by Crippen LogP contribution is 2.26. The zero-order valence-corrected chi connectivity index (χ0v) is 13.7. The summed E-state index contributed by atoms with van der Waals surface area (Å²) in [5.74, 6) is 0.571. The minimum absolute atomic E-state index is 0.105. The molecule has 1 amide bonds. The molecular weight excluding hydrogens is 296 g/mol. The van der Waals surface area contributed by atoms with E-state index in [-0.39, 0.29) is 18.1 Å². The first-order valence-corrected chi connectivity index (χ1v) is 8.52. The first-order chi connectivity index (χ1) is 10.6. The van der Waals surface area contributed by atoms with Crippen LogP contribution >= 0.6 is 11.8 Å². The average Bonchev–Trinajstić information content (AvgIpc) is 2.51. The SMILES string of the molecule is C[C@@H]1CN(C(=O)CSc2nccc3ccccc23)C[C@@H](C)O1. The monoisotopic (exact) mass is 316 g/mol. The van der Waals surface area contributed by atoms with Crippen molar-refractivity contribution >= 4 is 28.4 Å². The molecule has 1 aliphatic heterocycles. The molecule has 2 heterocycles. The van der Waals surface area contributed by atoms with E-state index >= 15 is 0 Å². The lowest BCUT2D eigenvalue weighted by Gasteiger charge is -2.35. The first kappa shape index (κ1) is 15.3. The van der Waals surface area contributed by atoms with E-state index in [2.05, 4.69) is 11.1 Å². The molecule has 3 rings (SSSR count). The Bertz CT molecular complexity index is 661. The number of pyridine rings is 1. The van der Waals surface area contributed by atoms with Crippen molar-refractivity contribution < 1.29 is 9.53 Å². The van der Waals surface area contributed by atoms with Crippen LogP contribution in [-0.4, -0.2) is 46.8 Å². The van der Waals surface area contributed by atoms with Gasteiger partial charge < -0.3 is 9.64 Å². The molecule has 0 bridgehead atoms. The van der Waals surface area contributed by atoms with Gasteiger partial charge in [-0.05, 0) is 25.3 Å². The minimum Gasteiger partial charge on any atom is -0.372 e. The molecule has 1 saturated heterocycles. The number of carbonyl (C=O) groups is 1. The number of thioether (sulfide) groups is 1. The highest BCUT2D eigenvalue weighted by molar-refractivity contribution is 8.00. The fraction of sp³-hybridized carbons (Fsp3) is 0.412. The minimum atomic E-state index is 0.105. The zero-order valence-electron chi connectivity index (χ0n) is 12.9. The molecule has 0 saturated carbocycles. The van der Waals surface area contributed by atoms with E-state index in [1.54, 1.807) is 6.20 Å². The van der Waals surface area contributed by atoms with Crippen LogP contribution in [0, 0.1) is 0 Å². The maximum absolute atomic E-state index is 12.4. The Balaban J connectivity index is 1.67. The van der Waals surface area contributed by atoms with Crippen molar-refractivity contribution in [1.82, 2.24) is 9.88 Å². The number of rotatable bonds is 3. The van der Waals surface area contributed by atoms with E-state index < -0.39 is 0 Å². The molecule has 0 unspecified atom stereocenters. The summed E-state index contributed by atoms with van der Waals surface area (Å²) >= 11 is 1.51. The summed E-state index contributed by atoms with van der Waals surface area (Å²) in [6.45, 7) is 5.37. The van der Waals surface area contributed by atoms with Gasteiger partial charge in [0.05, 0.1) is 18.0 Å². The number of hydrogen-bond donors (Lipinski definition) is 0. The average molecular weight is 316 g/mol. The molecule has 1 aliphatic rings. The van der Waals surface area contributed by atoms with Crippen LogP contribution in [0.2, 0.25) is 0 Å². The van der Waals surface area contributed by atoms with Gasteiger partial charge in [0.15, 0.2) is 0 Å². The highest BCUT2D eigenvalue weighted by Gasteiger charge is 2.25. The first-order valence-electron chi connectivity index (χ1n) is 7.53. The van der Waals surface area contributed by atoms with E-state index in [1.807, 2.05) is 43.0 Å².